The summed E-state index contributed by atoms with van der Waals surface area (Å²) < 4.78 is 0. The van der Waals surface area contributed by atoms with E-state index in [1.165, 1.54) is 50.4 Å². The Balaban J connectivity index is 2.11. The van der Waals surface area contributed by atoms with Gasteiger partial charge in [-0.3, -0.25) is 0 Å². The van der Waals surface area contributed by atoms with E-state index in [2.05, 4.69) is 11.8 Å². The second kappa shape index (κ2) is 8.43. The van der Waals surface area contributed by atoms with E-state index in [0.29, 0.717) is 6.61 Å². The highest BCUT2D eigenvalue weighted by Gasteiger charge is 2.18. The molecule has 0 aromatic heterocycles. The summed E-state index contributed by atoms with van der Waals surface area (Å²) in [4.78, 5) is 2.61. The van der Waals surface area contributed by atoms with Crippen LogP contribution in [0.3, 0.4) is 0 Å². The number of likely N-dealkylation sites (tertiary alicyclic amines) is 1. The van der Waals surface area contributed by atoms with Gasteiger partial charge in [0.05, 0.1) is 0 Å². The summed E-state index contributed by atoms with van der Waals surface area (Å²) in [6.07, 6.45) is 4.93. The molecule has 1 fully saturated rings. The topological polar surface area (TPSA) is 23.5 Å². The van der Waals surface area contributed by atoms with Gasteiger partial charge in [-0.2, -0.15) is 11.8 Å². The van der Waals surface area contributed by atoms with Gasteiger partial charge in [0.1, 0.15) is 0 Å². The van der Waals surface area contributed by atoms with Gasteiger partial charge in [0, 0.05) is 25.4 Å². The number of aliphatic hydroxyl groups excluding tert-OH is 1. The second-order valence-corrected chi connectivity index (χ2v) is 5.77. The summed E-state index contributed by atoms with van der Waals surface area (Å²) >= 11 is 2.04. The fraction of sp³-hybridized carbons (Fsp3) is 1.00. The minimum Gasteiger partial charge on any atom is -0.396 e. The summed E-state index contributed by atoms with van der Waals surface area (Å²) in [5, 5.41) is 8.82. The van der Waals surface area contributed by atoms with Crippen LogP contribution in [-0.2, 0) is 0 Å². The van der Waals surface area contributed by atoms with Gasteiger partial charge < -0.3 is 10.0 Å². The number of hydrogen-bond acceptors (Lipinski definition) is 3. The molecule has 90 valence electrons. The van der Waals surface area contributed by atoms with Crippen LogP contribution < -0.4 is 0 Å². The van der Waals surface area contributed by atoms with Gasteiger partial charge in [-0.1, -0.05) is 6.92 Å². The zero-order chi connectivity index (χ0) is 10.9. The highest BCUT2D eigenvalue weighted by Crippen LogP contribution is 2.20. The Morgan fingerprint density at radius 3 is 3.07 bits per heavy atom. The minimum atomic E-state index is 0.363. The molecule has 15 heavy (non-hydrogen) atoms. The molecule has 0 saturated carbocycles. The van der Waals surface area contributed by atoms with Crippen molar-refractivity contribution in [2.75, 3.05) is 37.7 Å². The number of nitrogens with zero attached hydrogens (tertiary/aromatic N) is 1. The molecular weight excluding hydrogens is 206 g/mol. The summed E-state index contributed by atoms with van der Waals surface area (Å²) in [7, 11) is 0. The molecule has 0 aromatic rings. The molecule has 1 N–H and O–H groups in total. The minimum absolute atomic E-state index is 0.363. The Bertz CT molecular complexity index is 155. The van der Waals surface area contributed by atoms with E-state index in [1.807, 2.05) is 11.8 Å². The van der Waals surface area contributed by atoms with Gasteiger partial charge in [0.15, 0.2) is 0 Å². The quantitative estimate of drug-likeness (QED) is 0.680. The largest absolute Gasteiger partial charge is 0.396 e. The molecule has 1 saturated heterocycles. The van der Waals surface area contributed by atoms with Gasteiger partial charge in [0.2, 0.25) is 0 Å². The number of piperidine rings is 1. The van der Waals surface area contributed by atoms with Crippen molar-refractivity contribution in [2.24, 2.45) is 5.92 Å². The first-order chi connectivity index (χ1) is 7.36. The van der Waals surface area contributed by atoms with Crippen molar-refractivity contribution in [1.82, 2.24) is 4.90 Å². The van der Waals surface area contributed by atoms with Crippen LogP contribution in [0.2, 0.25) is 0 Å². The number of rotatable bonds is 7. The molecule has 0 spiro atoms. The van der Waals surface area contributed by atoms with Crippen LogP contribution in [0.4, 0.5) is 0 Å². The molecule has 2 nitrogen and oxygen atoms in total. The molecule has 1 atom stereocenters. The van der Waals surface area contributed by atoms with Crippen LogP contribution in [0.15, 0.2) is 0 Å². The standard InChI is InChI=1S/C12H25NOS/c1-2-15-10-8-13-7-3-5-12(11-13)6-4-9-14/h12,14H,2-11H2,1H3/t12-/m0/s1. The van der Waals surface area contributed by atoms with Gasteiger partial charge in [-0.05, 0) is 43.9 Å². The molecule has 3 heteroatoms. The average Bonchev–Trinajstić information content (AvgIpc) is 2.27. The Morgan fingerprint density at radius 2 is 2.33 bits per heavy atom. The number of hydrogen-bond donors (Lipinski definition) is 1. The molecule has 0 aromatic carbocycles. The van der Waals surface area contributed by atoms with Crippen LogP contribution in [-0.4, -0.2) is 47.8 Å². The highest BCUT2D eigenvalue weighted by molar-refractivity contribution is 7.99. The lowest BCUT2D eigenvalue weighted by molar-refractivity contribution is 0.167. The predicted octanol–water partition coefficient (Wildman–Crippen LogP) is 2.22. The summed E-state index contributed by atoms with van der Waals surface area (Å²) in [5.41, 5.74) is 0. The van der Waals surface area contributed by atoms with Crippen LogP contribution in [0.1, 0.15) is 32.6 Å². The Labute approximate surface area is 98.4 Å². The molecular formula is C12H25NOS. The highest BCUT2D eigenvalue weighted by atomic mass is 32.2. The summed E-state index contributed by atoms with van der Waals surface area (Å²) in [6, 6.07) is 0. The summed E-state index contributed by atoms with van der Waals surface area (Å²) in [6.45, 7) is 6.41. The van der Waals surface area contributed by atoms with Gasteiger partial charge in [-0.15, -0.1) is 0 Å². The molecule has 1 aliphatic heterocycles. The molecule has 1 heterocycles. The molecule has 1 rings (SSSR count). The van der Waals surface area contributed by atoms with E-state index in [1.54, 1.807) is 0 Å². The van der Waals surface area contributed by atoms with E-state index in [4.69, 9.17) is 5.11 Å². The van der Waals surface area contributed by atoms with Crippen LogP contribution in [0.25, 0.3) is 0 Å². The van der Waals surface area contributed by atoms with E-state index in [9.17, 15) is 0 Å². The average molecular weight is 231 g/mol. The van der Waals surface area contributed by atoms with Gasteiger partial charge in [-0.25, -0.2) is 0 Å². The Kier molecular flexibility index (Phi) is 7.49. The third kappa shape index (κ3) is 5.79. The van der Waals surface area contributed by atoms with Crippen LogP contribution in [0, 0.1) is 5.92 Å². The zero-order valence-electron chi connectivity index (χ0n) is 9.95. The van der Waals surface area contributed by atoms with Crippen molar-refractivity contribution in [3.63, 3.8) is 0 Å². The first-order valence-electron chi connectivity index (χ1n) is 6.27. The van der Waals surface area contributed by atoms with Crippen molar-refractivity contribution >= 4 is 11.8 Å². The molecule has 0 aliphatic carbocycles. The summed E-state index contributed by atoms with van der Waals surface area (Å²) in [5.74, 6) is 3.36. The lowest BCUT2D eigenvalue weighted by Gasteiger charge is -2.32. The van der Waals surface area contributed by atoms with Crippen molar-refractivity contribution in [3.05, 3.63) is 0 Å². The normalized spacial score (nSPS) is 23.2. The van der Waals surface area contributed by atoms with E-state index in [0.717, 1.165) is 12.3 Å². The first kappa shape index (κ1) is 13.3. The number of aliphatic hydroxyl groups is 1. The lowest BCUT2D eigenvalue weighted by atomic mass is 9.93. The maximum atomic E-state index is 8.82. The Morgan fingerprint density at radius 1 is 1.47 bits per heavy atom. The van der Waals surface area contributed by atoms with Crippen molar-refractivity contribution in [2.45, 2.75) is 32.6 Å². The van der Waals surface area contributed by atoms with E-state index in [-0.39, 0.29) is 0 Å². The molecule has 0 unspecified atom stereocenters. The molecule has 0 bridgehead atoms. The Hall–Kier alpha value is 0.270. The fourth-order valence-corrected chi connectivity index (χ4v) is 2.98. The maximum Gasteiger partial charge on any atom is 0.0431 e. The smallest absolute Gasteiger partial charge is 0.0431 e. The monoisotopic (exact) mass is 231 g/mol. The molecule has 0 radical (unpaired) electrons. The third-order valence-corrected chi connectivity index (χ3v) is 4.01. The van der Waals surface area contributed by atoms with Crippen molar-refractivity contribution in [1.29, 1.82) is 0 Å². The SMILES string of the molecule is CCSCCN1CCC[C@@H](CCCO)C1. The lowest BCUT2D eigenvalue weighted by Crippen LogP contribution is -2.36. The maximum absolute atomic E-state index is 8.82. The van der Waals surface area contributed by atoms with E-state index < -0.39 is 0 Å². The van der Waals surface area contributed by atoms with E-state index >= 15 is 0 Å². The zero-order valence-corrected chi connectivity index (χ0v) is 10.8. The van der Waals surface area contributed by atoms with Crippen LogP contribution >= 0.6 is 11.8 Å². The fourth-order valence-electron chi connectivity index (χ4n) is 2.31. The number of thioether (sulfide) groups is 1. The second-order valence-electron chi connectivity index (χ2n) is 4.37. The predicted molar refractivity (Wildman–Crippen MR) is 68.5 cm³/mol. The molecule has 0 amide bonds. The molecule has 1 aliphatic rings. The van der Waals surface area contributed by atoms with Gasteiger partial charge >= 0.3 is 0 Å². The first-order valence-corrected chi connectivity index (χ1v) is 7.43. The third-order valence-electron chi connectivity index (χ3n) is 3.13. The van der Waals surface area contributed by atoms with Crippen molar-refractivity contribution < 1.29 is 5.11 Å². The van der Waals surface area contributed by atoms with Crippen molar-refractivity contribution in [3.8, 4) is 0 Å². The van der Waals surface area contributed by atoms with Gasteiger partial charge in [0.25, 0.3) is 0 Å². The van der Waals surface area contributed by atoms with Crippen LogP contribution in [0.5, 0.6) is 0 Å².